The summed E-state index contributed by atoms with van der Waals surface area (Å²) < 4.78 is 15.8. The lowest BCUT2D eigenvalue weighted by Gasteiger charge is -2.20. The van der Waals surface area contributed by atoms with Crippen LogP contribution in [0.2, 0.25) is 0 Å². The van der Waals surface area contributed by atoms with Crippen LogP contribution in [0.25, 0.3) is 0 Å². The molecule has 0 radical (unpaired) electrons. The third kappa shape index (κ3) is 4.39. The summed E-state index contributed by atoms with van der Waals surface area (Å²) in [5.74, 6) is -0.179. The van der Waals surface area contributed by atoms with Crippen molar-refractivity contribution in [2.75, 3.05) is 0 Å². The smallest absolute Gasteiger partial charge is 0.128 e. The molecule has 4 heteroatoms. The zero-order chi connectivity index (χ0) is 15.6. The SMILES string of the molecule is Cc1cc(C)n(Cc2cc(CNC(C)(C)C)ccc2F)n1. The average molecular weight is 289 g/mol. The number of rotatable bonds is 4. The summed E-state index contributed by atoms with van der Waals surface area (Å²) in [6.07, 6.45) is 0. The van der Waals surface area contributed by atoms with Crippen molar-refractivity contribution in [1.29, 1.82) is 0 Å². The molecule has 1 heterocycles. The molecule has 0 spiro atoms. The quantitative estimate of drug-likeness (QED) is 0.932. The van der Waals surface area contributed by atoms with Crippen molar-refractivity contribution in [1.82, 2.24) is 15.1 Å². The van der Waals surface area contributed by atoms with Gasteiger partial charge in [-0.05, 0) is 58.4 Å². The average Bonchev–Trinajstić information content (AvgIpc) is 2.68. The van der Waals surface area contributed by atoms with Gasteiger partial charge in [-0.2, -0.15) is 5.10 Å². The lowest BCUT2D eigenvalue weighted by molar-refractivity contribution is 0.424. The van der Waals surface area contributed by atoms with E-state index in [2.05, 4.69) is 31.2 Å². The molecule has 0 atom stereocenters. The van der Waals surface area contributed by atoms with E-state index in [1.165, 1.54) is 0 Å². The van der Waals surface area contributed by atoms with Gasteiger partial charge < -0.3 is 5.32 Å². The van der Waals surface area contributed by atoms with Gasteiger partial charge in [0.1, 0.15) is 5.82 Å². The molecule has 0 fully saturated rings. The zero-order valence-electron chi connectivity index (χ0n) is 13.5. The number of hydrogen-bond donors (Lipinski definition) is 1. The van der Waals surface area contributed by atoms with E-state index >= 15 is 0 Å². The fourth-order valence-electron chi connectivity index (χ4n) is 2.22. The predicted octanol–water partition coefficient (Wildman–Crippen LogP) is 3.58. The summed E-state index contributed by atoms with van der Waals surface area (Å²) in [5, 5.41) is 7.82. The first-order chi connectivity index (χ1) is 9.74. The van der Waals surface area contributed by atoms with Crippen molar-refractivity contribution < 1.29 is 4.39 Å². The summed E-state index contributed by atoms with van der Waals surface area (Å²) >= 11 is 0. The van der Waals surface area contributed by atoms with Gasteiger partial charge in [0.05, 0.1) is 12.2 Å². The summed E-state index contributed by atoms with van der Waals surface area (Å²) in [4.78, 5) is 0. The van der Waals surface area contributed by atoms with Crippen LogP contribution in [0.5, 0.6) is 0 Å². The standard InChI is InChI=1S/C17H24FN3/c1-12-8-13(2)21(20-12)11-15-9-14(6-7-16(15)18)10-19-17(3,4)5/h6-9,19H,10-11H2,1-5H3. The van der Waals surface area contributed by atoms with E-state index in [1.807, 2.05) is 36.7 Å². The second-order valence-corrected chi connectivity index (χ2v) is 6.61. The lowest BCUT2D eigenvalue weighted by atomic mass is 10.1. The van der Waals surface area contributed by atoms with Gasteiger partial charge in [-0.3, -0.25) is 4.68 Å². The van der Waals surface area contributed by atoms with Crippen LogP contribution in [0.4, 0.5) is 4.39 Å². The van der Waals surface area contributed by atoms with Crippen LogP contribution in [0, 0.1) is 19.7 Å². The largest absolute Gasteiger partial charge is 0.308 e. The molecular weight excluding hydrogens is 265 g/mol. The Hall–Kier alpha value is -1.68. The van der Waals surface area contributed by atoms with E-state index in [-0.39, 0.29) is 11.4 Å². The maximum Gasteiger partial charge on any atom is 0.128 e. The Balaban J connectivity index is 2.17. The maximum atomic E-state index is 14.0. The molecule has 0 saturated carbocycles. The fourth-order valence-corrected chi connectivity index (χ4v) is 2.22. The maximum absolute atomic E-state index is 14.0. The van der Waals surface area contributed by atoms with Gasteiger partial charge in [0.25, 0.3) is 0 Å². The molecule has 1 N–H and O–H groups in total. The zero-order valence-corrected chi connectivity index (χ0v) is 13.5. The molecule has 0 bridgehead atoms. The number of nitrogens with zero attached hydrogens (tertiary/aromatic N) is 2. The summed E-state index contributed by atoms with van der Waals surface area (Å²) in [5.41, 5.74) is 3.81. The highest BCUT2D eigenvalue weighted by atomic mass is 19.1. The number of benzene rings is 1. The Labute approximate surface area is 126 Å². The van der Waals surface area contributed by atoms with Crippen molar-refractivity contribution in [3.05, 3.63) is 52.6 Å². The summed E-state index contributed by atoms with van der Waals surface area (Å²) in [6.45, 7) is 11.5. The van der Waals surface area contributed by atoms with E-state index in [0.717, 1.165) is 23.5 Å². The third-order valence-corrected chi connectivity index (χ3v) is 3.36. The van der Waals surface area contributed by atoms with Gasteiger partial charge in [0.15, 0.2) is 0 Å². The Morgan fingerprint density at radius 3 is 2.48 bits per heavy atom. The van der Waals surface area contributed by atoms with Gasteiger partial charge in [-0.25, -0.2) is 4.39 Å². The van der Waals surface area contributed by atoms with Crippen LogP contribution in [0.1, 0.15) is 43.3 Å². The molecule has 2 rings (SSSR count). The number of aromatic nitrogens is 2. The summed E-state index contributed by atoms with van der Waals surface area (Å²) in [6, 6.07) is 7.30. The second-order valence-electron chi connectivity index (χ2n) is 6.61. The molecule has 0 aliphatic heterocycles. The molecular formula is C17H24FN3. The van der Waals surface area contributed by atoms with Gasteiger partial charge >= 0.3 is 0 Å². The lowest BCUT2D eigenvalue weighted by Crippen LogP contribution is -2.35. The van der Waals surface area contributed by atoms with E-state index in [0.29, 0.717) is 12.1 Å². The summed E-state index contributed by atoms with van der Waals surface area (Å²) in [7, 11) is 0. The normalized spacial score (nSPS) is 11.9. The van der Waals surface area contributed by atoms with Crippen molar-refractivity contribution in [3.63, 3.8) is 0 Å². The van der Waals surface area contributed by atoms with E-state index in [1.54, 1.807) is 6.07 Å². The van der Waals surface area contributed by atoms with Crippen LogP contribution >= 0.6 is 0 Å². The molecule has 21 heavy (non-hydrogen) atoms. The molecule has 0 aliphatic carbocycles. The van der Waals surface area contributed by atoms with Gasteiger partial charge in [-0.1, -0.05) is 6.07 Å². The predicted molar refractivity (Wildman–Crippen MR) is 83.8 cm³/mol. The molecule has 0 saturated heterocycles. The van der Waals surface area contributed by atoms with Gasteiger partial charge in [-0.15, -0.1) is 0 Å². The minimum atomic E-state index is -0.179. The molecule has 114 valence electrons. The minimum absolute atomic E-state index is 0.0459. The Morgan fingerprint density at radius 1 is 1.19 bits per heavy atom. The number of hydrogen-bond acceptors (Lipinski definition) is 2. The second kappa shape index (κ2) is 5.98. The molecule has 0 unspecified atom stereocenters. The van der Waals surface area contributed by atoms with Gasteiger partial charge in [0, 0.05) is 23.3 Å². The Bertz CT molecular complexity index is 623. The van der Waals surface area contributed by atoms with Crippen molar-refractivity contribution in [2.45, 2.75) is 53.2 Å². The highest BCUT2D eigenvalue weighted by molar-refractivity contribution is 5.26. The number of aryl methyl sites for hydroxylation is 2. The Morgan fingerprint density at radius 2 is 1.90 bits per heavy atom. The highest BCUT2D eigenvalue weighted by Gasteiger charge is 2.11. The Kier molecular flexibility index (Phi) is 4.47. The number of nitrogens with one attached hydrogen (secondary N) is 1. The fraction of sp³-hybridized carbons (Fsp3) is 0.471. The van der Waals surface area contributed by atoms with E-state index in [9.17, 15) is 4.39 Å². The molecule has 1 aromatic carbocycles. The molecule has 1 aromatic heterocycles. The van der Waals surface area contributed by atoms with Crippen LogP contribution < -0.4 is 5.32 Å². The van der Waals surface area contributed by atoms with Gasteiger partial charge in [0.2, 0.25) is 0 Å². The van der Waals surface area contributed by atoms with Crippen LogP contribution in [-0.2, 0) is 13.1 Å². The first-order valence-corrected chi connectivity index (χ1v) is 7.28. The third-order valence-electron chi connectivity index (χ3n) is 3.36. The van der Waals surface area contributed by atoms with Crippen LogP contribution in [0.3, 0.4) is 0 Å². The van der Waals surface area contributed by atoms with E-state index in [4.69, 9.17) is 0 Å². The van der Waals surface area contributed by atoms with Crippen molar-refractivity contribution in [2.24, 2.45) is 0 Å². The molecule has 3 nitrogen and oxygen atoms in total. The molecule has 0 amide bonds. The number of halogens is 1. The van der Waals surface area contributed by atoms with Crippen molar-refractivity contribution >= 4 is 0 Å². The van der Waals surface area contributed by atoms with Crippen LogP contribution in [-0.4, -0.2) is 15.3 Å². The van der Waals surface area contributed by atoms with Crippen LogP contribution in [0.15, 0.2) is 24.3 Å². The topological polar surface area (TPSA) is 29.9 Å². The van der Waals surface area contributed by atoms with E-state index < -0.39 is 0 Å². The highest BCUT2D eigenvalue weighted by Crippen LogP contribution is 2.14. The van der Waals surface area contributed by atoms with Crippen molar-refractivity contribution in [3.8, 4) is 0 Å². The first kappa shape index (κ1) is 15.7. The monoisotopic (exact) mass is 289 g/mol. The first-order valence-electron chi connectivity index (χ1n) is 7.28. The molecule has 2 aromatic rings. The molecule has 0 aliphatic rings. The minimum Gasteiger partial charge on any atom is -0.308 e.